The van der Waals surface area contributed by atoms with Gasteiger partial charge < -0.3 is 5.11 Å². The van der Waals surface area contributed by atoms with E-state index < -0.39 is 5.97 Å². The number of hydrogen-bond acceptors (Lipinski definition) is 1. The van der Waals surface area contributed by atoms with Crippen molar-refractivity contribution in [2.75, 3.05) is 0 Å². The standard InChI is InChI=1S/C11H18O2/c1-7(2)5-8-6-9(10(12)13)11(8,3)4/h5,8-9H,6H2,1-4H3,(H,12,13)/t8-,9+/m1/s1. The summed E-state index contributed by atoms with van der Waals surface area (Å²) in [5.41, 5.74) is 1.21. The lowest BCUT2D eigenvalue weighted by molar-refractivity contribution is -0.156. The quantitative estimate of drug-likeness (QED) is 0.667. The van der Waals surface area contributed by atoms with Crippen molar-refractivity contribution in [3.63, 3.8) is 0 Å². The van der Waals surface area contributed by atoms with Gasteiger partial charge in [0.15, 0.2) is 0 Å². The summed E-state index contributed by atoms with van der Waals surface area (Å²) in [7, 11) is 0. The van der Waals surface area contributed by atoms with Gasteiger partial charge in [0.2, 0.25) is 0 Å². The number of rotatable bonds is 2. The third-order valence-electron chi connectivity index (χ3n) is 3.18. The minimum absolute atomic E-state index is 0.0664. The van der Waals surface area contributed by atoms with E-state index >= 15 is 0 Å². The van der Waals surface area contributed by atoms with Crippen LogP contribution >= 0.6 is 0 Å². The molecular formula is C11H18O2. The second kappa shape index (κ2) is 3.17. The summed E-state index contributed by atoms with van der Waals surface area (Å²) in [6, 6.07) is 0. The molecule has 0 bridgehead atoms. The lowest BCUT2D eigenvalue weighted by Gasteiger charge is -2.49. The zero-order valence-corrected chi connectivity index (χ0v) is 8.79. The molecule has 2 nitrogen and oxygen atoms in total. The summed E-state index contributed by atoms with van der Waals surface area (Å²) < 4.78 is 0. The van der Waals surface area contributed by atoms with E-state index in [2.05, 4.69) is 19.9 Å². The highest BCUT2D eigenvalue weighted by atomic mass is 16.4. The van der Waals surface area contributed by atoms with Crippen molar-refractivity contribution in [1.29, 1.82) is 0 Å². The molecule has 0 radical (unpaired) electrons. The van der Waals surface area contributed by atoms with E-state index in [9.17, 15) is 4.79 Å². The number of aliphatic carboxylic acids is 1. The number of allylic oxidation sites excluding steroid dienone is 2. The van der Waals surface area contributed by atoms with Crippen LogP contribution in [0.15, 0.2) is 11.6 Å². The molecule has 2 heteroatoms. The molecule has 74 valence electrons. The predicted octanol–water partition coefficient (Wildman–Crippen LogP) is 2.70. The first-order valence-corrected chi connectivity index (χ1v) is 4.73. The second-order valence-corrected chi connectivity index (χ2v) is 4.80. The van der Waals surface area contributed by atoms with Crippen LogP contribution in [0.25, 0.3) is 0 Å². The van der Waals surface area contributed by atoms with Gasteiger partial charge in [0.25, 0.3) is 0 Å². The number of carbonyl (C=O) groups is 1. The molecule has 0 unspecified atom stereocenters. The van der Waals surface area contributed by atoms with Crippen LogP contribution in [-0.4, -0.2) is 11.1 Å². The predicted molar refractivity (Wildman–Crippen MR) is 52.4 cm³/mol. The van der Waals surface area contributed by atoms with Crippen LogP contribution in [0.4, 0.5) is 0 Å². The molecular weight excluding hydrogens is 164 g/mol. The van der Waals surface area contributed by atoms with E-state index in [1.807, 2.05) is 13.8 Å². The second-order valence-electron chi connectivity index (χ2n) is 4.80. The highest BCUT2D eigenvalue weighted by Gasteiger charge is 2.50. The smallest absolute Gasteiger partial charge is 0.307 e. The Labute approximate surface area is 79.6 Å². The average molecular weight is 182 g/mol. The Morgan fingerprint density at radius 1 is 1.46 bits per heavy atom. The Kier molecular flexibility index (Phi) is 2.51. The molecule has 1 aliphatic carbocycles. The molecule has 2 atom stereocenters. The fraction of sp³-hybridized carbons (Fsp3) is 0.727. The van der Waals surface area contributed by atoms with Crippen LogP contribution in [0.1, 0.15) is 34.1 Å². The van der Waals surface area contributed by atoms with Crippen molar-refractivity contribution in [1.82, 2.24) is 0 Å². The van der Waals surface area contributed by atoms with Gasteiger partial charge in [0.05, 0.1) is 5.92 Å². The Bertz CT molecular complexity index is 247. The Balaban J connectivity index is 2.70. The van der Waals surface area contributed by atoms with Gasteiger partial charge >= 0.3 is 5.97 Å². The third-order valence-corrected chi connectivity index (χ3v) is 3.18. The summed E-state index contributed by atoms with van der Waals surface area (Å²) in [6.45, 7) is 8.20. The van der Waals surface area contributed by atoms with E-state index in [0.717, 1.165) is 6.42 Å². The number of hydrogen-bond donors (Lipinski definition) is 1. The van der Waals surface area contributed by atoms with Crippen molar-refractivity contribution < 1.29 is 9.90 Å². The van der Waals surface area contributed by atoms with Crippen molar-refractivity contribution in [2.24, 2.45) is 17.3 Å². The molecule has 13 heavy (non-hydrogen) atoms. The normalized spacial score (nSPS) is 30.5. The highest BCUT2D eigenvalue weighted by Crippen LogP contribution is 2.52. The fourth-order valence-electron chi connectivity index (χ4n) is 2.06. The maximum absolute atomic E-state index is 10.8. The molecule has 1 aliphatic rings. The zero-order chi connectivity index (χ0) is 10.2. The Morgan fingerprint density at radius 3 is 2.31 bits per heavy atom. The van der Waals surface area contributed by atoms with Crippen LogP contribution in [-0.2, 0) is 4.79 Å². The van der Waals surface area contributed by atoms with Gasteiger partial charge in [-0.15, -0.1) is 0 Å². The van der Waals surface area contributed by atoms with Gasteiger partial charge in [-0.3, -0.25) is 4.79 Å². The average Bonchev–Trinajstić information content (AvgIpc) is 1.96. The number of carboxylic acid groups (broad SMARTS) is 1. The van der Waals surface area contributed by atoms with Gasteiger partial charge in [-0.1, -0.05) is 25.5 Å². The molecule has 0 aromatic rings. The molecule has 0 aromatic heterocycles. The summed E-state index contributed by atoms with van der Waals surface area (Å²) in [5, 5.41) is 8.90. The molecule has 1 fully saturated rings. The van der Waals surface area contributed by atoms with E-state index in [1.54, 1.807) is 0 Å². The molecule has 0 saturated heterocycles. The fourth-order valence-corrected chi connectivity index (χ4v) is 2.06. The molecule has 1 N–H and O–H groups in total. The molecule has 0 spiro atoms. The first-order chi connectivity index (χ1) is 5.85. The topological polar surface area (TPSA) is 37.3 Å². The summed E-state index contributed by atoms with van der Waals surface area (Å²) in [4.78, 5) is 10.8. The molecule has 0 amide bonds. The van der Waals surface area contributed by atoms with Gasteiger partial charge in [-0.25, -0.2) is 0 Å². The number of carboxylic acids is 1. The van der Waals surface area contributed by atoms with Gasteiger partial charge in [0, 0.05) is 0 Å². The van der Waals surface area contributed by atoms with Crippen LogP contribution in [0.5, 0.6) is 0 Å². The SMILES string of the molecule is CC(C)=C[C@@H]1C[C@@H](C(=O)O)C1(C)C. The van der Waals surface area contributed by atoms with E-state index in [1.165, 1.54) is 5.57 Å². The van der Waals surface area contributed by atoms with Crippen molar-refractivity contribution in [3.05, 3.63) is 11.6 Å². The van der Waals surface area contributed by atoms with E-state index in [0.29, 0.717) is 5.92 Å². The van der Waals surface area contributed by atoms with Crippen molar-refractivity contribution >= 4 is 5.97 Å². The summed E-state index contributed by atoms with van der Waals surface area (Å²) >= 11 is 0. The maximum Gasteiger partial charge on any atom is 0.307 e. The van der Waals surface area contributed by atoms with Gasteiger partial charge in [-0.2, -0.15) is 0 Å². The molecule has 0 heterocycles. The van der Waals surface area contributed by atoms with E-state index in [-0.39, 0.29) is 11.3 Å². The maximum atomic E-state index is 10.8. The minimum Gasteiger partial charge on any atom is -0.481 e. The van der Waals surface area contributed by atoms with Gasteiger partial charge in [-0.05, 0) is 31.6 Å². The monoisotopic (exact) mass is 182 g/mol. The highest BCUT2D eigenvalue weighted by molar-refractivity contribution is 5.72. The Morgan fingerprint density at radius 2 is 2.00 bits per heavy atom. The van der Waals surface area contributed by atoms with Crippen LogP contribution in [0, 0.1) is 17.3 Å². The van der Waals surface area contributed by atoms with Crippen LogP contribution in [0.2, 0.25) is 0 Å². The third kappa shape index (κ3) is 1.77. The molecule has 0 aromatic carbocycles. The molecule has 1 saturated carbocycles. The molecule has 1 rings (SSSR count). The van der Waals surface area contributed by atoms with Crippen LogP contribution < -0.4 is 0 Å². The van der Waals surface area contributed by atoms with Crippen molar-refractivity contribution in [3.8, 4) is 0 Å². The lowest BCUT2D eigenvalue weighted by Crippen LogP contribution is -2.48. The first-order valence-electron chi connectivity index (χ1n) is 4.73. The zero-order valence-electron chi connectivity index (χ0n) is 8.79. The van der Waals surface area contributed by atoms with E-state index in [4.69, 9.17) is 5.11 Å². The van der Waals surface area contributed by atoms with Gasteiger partial charge in [0.1, 0.15) is 0 Å². The minimum atomic E-state index is -0.650. The first kappa shape index (κ1) is 10.3. The largest absolute Gasteiger partial charge is 0.481 e. The van der Waals surface area contributed by atoms with Crippen LogP contribution in [0.3, 0.4) is 0 Å². The Hall–Kier alpha value is -0.790. The molecule has 0 aliphatic heterocycles. The summed E-state index contributed by atoms with van der Waals surface area (Å²) in [6.07, 6.45) is 2.99. The summed E-state index contributed by atoms with van der Waals surface area (Å²) in [5.74, 6) is -0.366. The van der Waals surface area contributed by atoms with Crippen molar-refractivity contribution in [2.45, 2.75) is 34.1 Å². The lowest BCUT2D eigenvalue weighted by atomic mass is 9.54.